The lowest BCUT2D eigenvalue weighted by Gasteiger charge is -2.28. The normalized spacial score (nSPS) is 11.3. The summed E-state index contributed by atoms with van der Waals surface area (Å²) >= 11 is 0. The predicted octanol–water partition coefficient (Wildman–Crippen LogP) is 14.9. The second-order valence-electron chi connectivity index (χ2n) is 13.7. The second kappa shape index (κ2) is 13.4. The molecule has 0 unspecified atom stereocenters. The van der Waals surface area contributed by atoms with Gasteiger partial charge in [0, 0.05) is 33.3 Å². The molecule has 0 atom stereocenters. The molecule has 54 heavy (non-hydrogen) atoms. The Balaban J connectivity index is 1.11. The van der Waals surface area contributed by atoms with E-state index in [4.69, 9.17) is 4.42 Å². The maximum atomic E-state index is 6.74. The quantitative estimate of drug-likeness (QED) is 0.166. The highest BCUT2D eigenvalue weighted by Crippen LogP contribution is 2.45. The summed E-state index contributed by atoms with van der Waals surface area (Å²) in [6.45, 7) is 0. The molecule has 0 saturated carbocycles. The van der Waals surface area contributed by atoms with Crippen molar-refractivity contribution >= 4 is 49.8 Å². The van der Waals surface area contributed by atoms with Gasteiger partial charge in [-0.05, 0) is 92.7 Å². The molecule has 0 aliphatic rings. The Hall–Kier alpha value is -7.16. The van der Waals surface area contributed by atoms with Gasteiger partial charge in [0.15, 0.2) is 0 Å². The van der Waals surface area contributed by atoms with Crippen molar-refractivity contribution < 1.29 is 4.42 Å². The number of rotatable bonds is 7. The number of hydrogen-bond donors (Lipinski definition) is 0. The van der Waals surface area contributed by atoms with Crippen LogP contribution in [0.5, 0.6) is 0 Å². The van der Waals surface area contributed by atoms with Crippen LogP contribution < -0.4 is 4.90 Å². The van der Waals surface area contributed by atoms with Crippen LogP contribution in [0, 0.1) is 0 Å². The summed E-state index contributed by atoms with van der Waals surface area (Å²) in [6.07, 6.45) is 0. The summed E-state index contributed by atoms with van der Waals surface area (Å²) in [6, 6.07) is 75.8. The van der Waals surface area contributed by atoms with Crippen molar-refractivity contribution in [2.45, 2.75) is 0 Å². The number of hydrogen-bond acceptors (Lipinski definition) is 2. The van der Waals surface area contributed by atoms with Gasteiger partial charge in [-0.1, -0.05) is 164 Å². The predicted molar refractivity (Wildman–Crippen MR) is 228 cm³/mol. The molecule has 0 amide bonds. The van der Waals surface area contributed by atoms with Gasteiger partial charge in [0.2, 0.25) is 0 Å². The first kappa shape index (κ1) is 31.6. The summed E-state index contributed by atoms with van der Waals surface area (Å²) in [5.74, 6) is 0. The number of para-hydroxylation sites is 2. The third-order valence-corrected chi connectivity index (χ3v) is 10.5. The van der Waals surface area contributed by atoms with E-state index in [2.05, 4.69) is 217 Å². The van der Waals surface area contributed by atoms with E-state index in [0.717, 1.165) is 50.1 Å². The van der Waals surface area contributed by atoms with Crippen LogP contribution in [0.3, 0.4) is 0 Å². The fourth-order valence-corrected chi connectivity index (χ4v) is 7.76. The van der Waals surface area contributed by atoms with Gasteiger partial charge in [-0.15, -0.1) is 0 Å². The fraction of sp³-hybridized carbons (Fsp3) is 0. The molecule has 254 valence electrons. The Bertz CT molecular complexity index is 2910. The SMILES string of the molecule is c1ccc(-c2ccc(N(c3ccc(-c4cccc(-c5ccccc5)c4)cc3)c3ccccc3-c3cccc4c3oc3cc5ccccc5cc34)cc2)cc1. The Morgan fingerprint density at radius 1 is 0.315 bits per heavy atom. The van der Waals surface area contributed by atoms with Crippen molar-refractivity contribution in [3.05, 3.63) is 212 Å². The number of fused-ring (bicyclic) bond motifs is 4. The molecule has 2 nitrogen and oxygen atoms in total. The first-order chi connectivity index (χ1) is 26.8. The van der Waals surface area contributed by atoms with Gasteiger partial charge < -0.3 is 9.32 Å². The summed E-state index contributed by atoms with van der Waals surface area (Å²) < 4.78 is 6.74. The van der Waals surface area contributed by atoms with Crippen molar-refractivity contribution in [3.8, 4) is 44.5 Å². The molecule has 0 N–H and O–H groups in total. The van der Waals surface area contributed by atoms with Gasteiger partial charge in [0.1, 0.15) is 11.2 Å². The van der Waals surface area contributed by atoms with E-state index in [9.17, 15) is 0 Å². The van der Waals surface area contributed by atoms with E-state index in [1.165, 1.54) is 44.2 Å². The van der Waals surface area contributed by atoms with Crippen molar-refractivity contribution in [1.29, 1.82) is 0 Å². The van der Waals surface area contributed by atoms with E-state index in [1.807, 2.05) is 0 Å². The lowest BCUT2D eigenvalue weighted by atomic mass is 9.97. The third kappa shape index (κ3) is 5.71. The van der Waals surface area contributed by atoms with E-state index < -0.39 is 0 Å². The van der Waals surface area contributed by atoms with Gasteiger partial charge in [0.25, 0.3) is 0 Å². The average Bonchev–Trinajstić information content (AvgIpc) is 3.62. The minimum atomic E-state index is 0.892. The van der Waals surface area contributed by atoms with Crippen molar-refractivity contribution in [3.63, 3.8) is 0 Å². The summed E-state index contributed by atoms with van der Waals surface area (Å²) in [7, 11) is 0. The molecule has 1 aromatic heterocycles. The first-order valence-corrected chi connectivity index (χ1v) is 18.4. The summed E-state index contributed by atoms with van der Waals surface area (Å²) in [4.78, 5) is 2.37. The van der Waals surface area contributed by atoms with Crippen molar-refractivity contribution in [2.75, 3.05) is 4.90 Å². The van der Waals surface area contributed by atoms with E-state index in [1.54, 1.807) is 0 Å². The zero-order valence-electron chi connectivity index (χ0n) is 29.6. The standard InChI is InChI=1S/C52H35NO/c1-3-13-36(14-4-1)38-25-29-44(30-26-38)53(45-31-27-39(28-32-45)41-20-11-19-40(33-41)37-15-5-2-6-16-37)50-24-10-9-21-46(50)47-22-12-23-48-49-34-42-17-7-8-18-43(42)35-51(49)54-52(47)48/h1-35H. The molecule has 0 spiro atoms. The first-order valence-electron chi connectivity index (χ1n) is 18.4. The van der Waals surface area contributed by atoms with Crippen LogP contribution in [0.25, 0.3) is 77.2 Å². The highest BCUT2D eigenvalue weighted by molar-refractivity contribution is 6.14. The van der Waals surface area contributed by atoms with Crippen molar-refractivity contribution in [2.24, 2.45) is 0 Å². The second-order valence-corrected chi connectivity index (χ2v) is 13.7. The fourth-order valence-electron chi connectivity index (χ4n) is 7.76. The van der Waals surface area contributed by atoms with E-state index >= 15 is 0 Å². The molecule has 0 radical (unpaired) electrons. The minimum absolute atomic E-state index is 0.892. The number of anilines is 3. The van der Waals surface area contributed by atoms with E-state index in [-0.39, 0.29) is 0 Å². The lowest BCUT2D eigenvalue weighted by molar-refractivity contribution is 0.670. The lowest BCUT2D eigenvalue weighted by Crippen LogP contribution is -2.11. The smallest absolute Gasteiger partial charge is 0.143 e. The summed E-state index contributed by atoms with van der Waals surface area (Å²) in [5, 5.41) is 4.62. The highest BCUT2D eigenvalue weighted by atomic mass is 16.3. The molecule has 10 aromatic rings. The van der Waals surface area contributed by atoms with Gasteiger partial charge in [-0.3, -0.25) is 0 Å². The maximum Gasteiger partial charge on any atom is 0.143 e. The Labute approximate surface area is 314 Å². The molecule has 0 saturated heterocycles. The molecule has 1 heterocycles. The highest BCUT2D eigenvalue weighted by Gasteiger charge is 2.21. The minimum Gasteiger partial charge on any atom is -0.455 e. The Morgan fingerprint density at radius 3 is 1.46 bits per heavy atom. The van der Waals surface area contributed by atoms with E-state index in [0.29, 0.717) is 0 Å². The van der Waals surface area contributed by atoms with Crippen LogP contribution in [-0.4, -0.2) is 0 Å². The monoisotopic (exact) mass is 689 g/mol. The van der Waals surface area contributed by atoms with Gasteiger partial charge in [-0.25, -0.2) is 0 Å². The zero-order valence-corrected chi connectivity index (χ0v) is 29.6. The molecule has 2 heteroatoms. The third-order valence-electron chi connectivity index (χ3n) is 10.5. The molecule has 0 bridgehead atoms. The average molecular weight is 690 g/mol. The number of benzene rings is 9. The molecule has 0 aliphatic carbocycles. The van der Waals surface area contributed by atoms with Crippen LogP contribution in [0.4, 0.5) is 17.1 Å². The van der Waals surface area contributed by atoms with Gasteiger partial charge >= 0.3 is 0 Å². The van der Waals surface area contributed by atoms with Crippen LogP contribution in [0.1, 0.15) is 0 Å². The topological polar surface area (TPSA) is 16.4 Å². The van der Waals surface area contributed by atoms with Crippen LogP contribution in [-0.2, 0) is 0 Å². The Kier molecular flexibility index (Phi) is 7.85. The molecule has 0 aliphatic heterocycles. The maximum absolute atomic E-state index is 6.74. The molecule has 0 fully saturated rings. The molecular weight excluding hydrogens is 655 g/mol. The summed E-state index contributed by atoms with van der Waals surface area (Å²) in [5.41, 5.74) is 14.3. The van der Waals surface area contributed by atoms with Crippen molar-refractivity contribution in [1.82, 2.24) is 0 Å². The van der Waals surface area contributed by atoms with Gasteiger partial charge in [0.05, 0.1) is 5.69 Å². The van der Waals surface area contributed by atoms with Crippen LogP contribution >= 0.6 is 0 Å². The Morgan fingerprint density at radius 2 is 0.796 bits per heavy atom. The van der Waals surface area contributed by atoms with Crippen LogP contribution in [0.15, 0.2) is 217 Å². The molecule has 10 rings (SSSR count). The van der Waals surface area contributed by atoms with Crippen LogP contribution in [0.2, 0.25) is 0 Å². The number of nitrogens with zero attached hydrogens (tertiary/aromatic N) is 1. The van der Waals surface area contributed by atoms with Gasteiger partial charge in [-0.2, -0.15) is 0 Å². The zero-order chi connectivity index (χ0) is 35.8. The number of furan rings is 1. The molecular formula is C52H35NO. The molecule has 9 aromatic carbocycles. The largest absolute Gasteiger partial charge is 0.455 e.